The fourth-order valence-electron chi connectivity index (χ4n) is 2.93. The second kappa shape index (κ2) is 8.72. The van der Waals surface area contributed by atoms with Gasteiger partial charge < -0.3 is 10.2 Å². The molecule has 0 bridgehead atoms. The highest BCUT2D eigenvalue weighted by Crippen LogP contribution is 2.38. The van der Waals surface area contributed by atoms with E-state index in [0.717, 1.165) is 12.0 Å². The molecule has 1 atom stereocenters. The van der Waals surface area contributed by atoms with Crippen LogP contribution in [0.1, 0.15) is 26.9 Å². The van der Waals surface area contributed by atoms with Gasteiger partial charge in [0.15, 0.2) is 0 Å². The van der Waals surface area contributed by atoms with Gasteiger partial charge in [-0.1, -0.05) is 48.5 Å². The molecule has 5 heteroatoms. The lowest BCUT2D eigenvalue weighted by Crippen LogP contribution is -2.30. The molecule has 1 saturated heterocycles. The van der Waals surface area contributed by atoms with E-state index in [2.05, 4.69) is 24.0 Å². The largest absolute Gasteiger partial charge is 0.349 e. The van der Waals surface area contributed by atoms with Crippen molar-refractivity contribution >= 4 is 23.6 Å². The first kappa shape index (κ1) is 18.3. The predicted molar refractivity (Wildman–Crippen MR) is 106 cm³/mol. The molecular formula is C21H22N2O2S. The molecule has 1 aliphatic rings. The smallest absolute Gasteiger partial charge is 0.251 e. The molecule has 134 valence electrons. The Labute approximate surface area is 158 Å². The van der Waals surface area contributed by atoms with Crippen molar-refractivity contribution in [3.8, 4) is 0 Å². The summed E-state index contributed by atoms with van der Waals surface area (Å²) in [5.41, 5.74) is 2.89. The summed E-state index contributed by atoms with van der Waals surface area (Å²) in [6, 6.07) is 17.7. The van der Waals surface area contributed by atoms with Crippen molar-refractivity contribution in [1.82, 2.24) is 10.2 Å². The number of nitrogens with one attached hydrogen (secondary N) is 1. The Bertz CT molecular complexity index is 774. The first-order chi connectivity index (χ1) is 12.7. The van der Waals surface area contributed by atoms with E-state index in [0.29, 0.717) is 24.4 Å². The van der Waals surface area contributed by atoms with Gasteiger partial charge >= 0.3 is 0 Å². The third-order valence-electron chi connectivity index (χ3n) is 4.32. The summed E-state index contributed by atoms with van der Waals surface area (Å²) in [6.45, 7) is 4.73. The molecule has 0 radical (unpaired) electrons. The molecule has 1 N–H and O–H groups in total. The van der Waals surface area contributed by atoms with Gasteiger partial charge in [0, 0.05) is 18.7 Å². The fraction of sp³-hybridized carbons (Fsp3) is 0.238. The first-order valence-corrected chi connectivity index (χ1v) is 9.68. The lowest BCUT2D eigenvalue weighted by atomic mass is 10.1. The van der Waals surface area contributed by atoms with Crippen molar-refractivity contribution in [3.63, 3.8) is 0 Å². The van der Waals surface area contributed by atoms with Gasteiger partial charge in [0.25, 0.3) is 5.91 Å². The van der Waals surface area contributed by atoms with Gasteiger partial charge in [-0.2, -0.15) is 0 Å². The monoisotopic (exact) mass is 366 g/mol. The number of thioether (sulfide) groups is 1. The average molecular weight is 366 g/mol. The van der Waals surface area contributed by atoms with E-state index >= 15 is 0 Å². The third kappa shape index (κ3) is 4.35. The molecule has 0 saturated carbocycles. The summed E-state index contributed by atoms with van der Waals surface area (Å²) in [7, 11) is 0. The Morgan fingerprint density at radius 3 is 2.62 bits per heavy atom. The number of carbonyl (C=O) groups excluding carboxylic acids is 2. The zero-order valence-electron chi connectivity index (χ0n) is 14.6. The lowest BCUT2D eigenvalue weighted by Gasteiger charge is -2.24. The van der Waals surface area contributed by atoms with Crippen LogP contribution < -0.4 is 5.32 Å². The van der Waals surface area contributed by atoms with E-state index in [9.17, 15) is 9.59 Å². The molecule has 0 unspecified atom stereocenters. The van der Waals surface area contributed by atoms with Crippen LogP contribution in [0.25, 0.3) is 0 Å². The minimum absolute atomic E-state index is 0.0106. The predicted octanol–water partition coefficient (Wildman–Crippen LogP) is 3.42. The number of amides is 2. The van der Waals surface area contributed by atoms with Crippen molar-refractivity contribution < 1.29 is 9.59 Å². The topological polar surface area (TPSA) is 49.4 Å². The van der Waals surface area contributed by atoms with Crippen LogP contribution in [0.2, 0.25) is 0 Å². The van der Waals surface area contributed by atoms with E-state index in [1.54, 1.807) is 17.8 Å². The summed E-state index contributed by atoms with van der Waals surface area (Å²) in [5.74, 6) is 0.553. The highest BCUT2D eigenvalue weighted by molar-refractivity contribution is 8.00. The van der Waals surface area contributed by atoms with Crippen LogP contribution in [-0.4, -0.2) is 35.6 Å². The fourth-order valence-corrected chi connectivity index (χ4v) is 4.15. The lowest BCUT2D eigenvalue weighted by molar-refractivity contribution is -0.128. The molecule has 0 aromatic heterocycles. The normalized spacial score (nSPS) is 16.5. The quantitative estimate of drug-likeness (QED) is 0.764. The van der Waals surface area contributed by atoms with E-state index < -0.39 is 0 Å². The SMILES string of the molecule is C=CCNC(=O)c1ccc([C@@H]2SCC(=O)N2CCc2ccccc2)cc1. The Kier molecular flexibility index (Phi) is 6.12. The van der Waals surface area contributed by atoms with Gasteiger partial charge in [0.2, 0.25) is 5.91 Å². The van der Waals surface area contributed by atoms with Gasteiger partial charge in [-0.05, 0) is 29.7 Å². The summed E-state index contributed by atoms with van der Waals surface area (Å²) in [6.07, 6.45) is 2.49. The van der Waals surface area contributed by atoms with E-state index in [-0.39, 0.29) is 17.2 Å². The number of carbonyl (C=O) groups is 2. The molecule has 2 amide bonds. The van der Waals surface area contributed by atoms with Crippen LogP contribution in [0.4, 0.5) is 0 Å². The molecule has 4 nitrogen and oxygen atoms in total. The first-order valence-electron chi connectivity index (χ1n) is 8.63. The van der Waals surface area contributed by atoms with Crippen LogP contribution in [0.15, 0.2) is 67.3 Å². The highest BCUT2D eigenvalue weighted by atomic mass is 32.2. The van der Waals surface area contributed by atoms with Gasteiger partial charge in [-0.15, -0.1) is 18.3 Å². The van der Waals surface area contributed by atoms with Crippen LogP contribution >= 0.6 is 11.8 Å². The number of hydrogen-bond acceptors (Lipinski definition) is 3. The summed E-state index contributed by atoms with van der Waals surface area (Å²) < 4.78 is 0. The summed E-state index contributed by atoms with van der Waals surface area (Å²) in [5, 5.41) is 2.78. The molecule has 3 rings (SSSR count). The number of hydrogen-bond donors (Lipinski definition) is 1. The van der Waals surface area contributed by atoms with Crippen LogP contribution in [-0.2, 0) is 11.2 Å². The van der Waals surface area contributed by atoms with Crippen molar-refractivity contribution in [2.24, 2.45) is 0 Å². The molecule has 1 fully saturated rings. The van der Waals surface area contributed by atoms with Gasteiger partial charge in [0.1, 0.15) is 5.37 Å². The van der Waals surface area contributed by atoms with E-state index in [1.165, 1.54) is 5.56 Å². The zero-order valence-corrected chi connectivity index (χ0v) is 15.4. The molecule has 0 spiro atoms. The van der Waals surface area contributed by atoms with Crippen molar-refractivity contribution in [1.29, 1.82) is 0 Å². The maximum atomic E-state index is 12.3. The Morgan fingerprint density at radius 1 is 1.19 bits per heavy atom. The van der Waals surface area contributed by atoms with Crippen LogP contribution in [0.5, 0.6) is 0 Å². The maximum absolute atomic E-state index is 12.3. The standard InChI is InChI=1S/C21H22N2O2S/c1-2-13-22-20(25)17-8-10-18(11-9-17)21-23(19(24)15-26-21)14-12-16-6-4-3-5-7-16/h2-11,21H,1,12-15H2,(H,22,25)/t21-/m0/s1. The van der Waals surface area contributed by atoms with Crippen LogP contribution in [0, 0.1) is 0 Å². The minimum Gasteiger partial charge on any atom is -0.349 e. The molecule has 26 heavy (non-hydrogen) atoms. The number of benzene rings is 2. The minimum atomic E-state index is -0.118. The van der Waals surface area contributed by atoms with E-state index in [1.807, 2.05) is 47.4 Å². The second-order valence-corrected chi connectivity index (χ2v) is 7.18. The van der Waals surface area contributed by atoms with Crippen LogP contribution in [0.3, 0.4) is 0 Å². The summed E-state index contributed by atoms with van der Waals surface area (Å²) in [4.78, 5) is 26.2. The van der Waals surface area contributed by atoms with Crippen molar-refractivity contribution in [3.05, 3.63) is 83.9 Å². The average Bonchev–Trinajstić information content (AvgIpc) is 3.06. The Balaban J connectivity index is 1.67. The molecule has 1 aliphatic heterocycles. The second-order valence-electron chi connectivity index (χ2n) is 6.11. The van der Waals surface area contributed by atoms with Crippen molar-refractivity contribution in [2.45, 2.75) is 11.8 Å². The Hall–Kier alpha value is -2.53. The van der Waals surface area contributed by atoms with Gasteiger partial charge in [-0.25, -0.2) is 0 Å². The molecule has 2 aromatic carbocycles. The van der Waals surface area contributed by atoms with E-state index in [4.69, 9.17) is 0 Å². The van der Waals surface area contributed by atoms with Gasteiger partial charge in [0.05, 0.1) is 5.75 Å². The third-order valence-corrected chi connectivity index (χ3v) is 5.57. The molecular weight excluding hydrogens is 344 g/mol. The summed E-state index contributed by atoms with van der Waals surface area (Å²) >= 11 is 1.64. The zero-order chi connectivity index (χ0) is 18.4. The highest BCUT2D eigenvalue weighted by Gasteiger charge is 2.32. The number of nitrogens with zero attached hydrogens (tertiary/aromatic N) is 1. The Morgan fingerprint density at radius 2 is 1.92 bits per heavy atom. The van der Waals surface area contributed by atoms with Crippen molar-refractivity contribution in [2.75, 3.05) is 18.8 Å². The molecule has 0 aliphatic carbocycles. The number of rotatable bonds is 7. The maximum Gasteiger partial charge on any atom is 0.251 e. The molecule has 2 aromatic rings. The molecule has 1 heterocycles. The van der Waals surface area contributed by atoms with Gasteiger partial charge in [-0.3, -0.25) is 9.59 Å².